The lowest BCUT2D eigenvalue weighted by Gasteiger charge is -2.25. The number of aromatic nitrogens is 1. The third kappa shape index (κ3) is 4.80. The second-order valence-electron chi connectivity index (χ2n) is 8.26. The predicted molar refractivity (Wildman–Crippen MR) is 114 cm³/mol. The molecule has 0 saturated heterocycles. The van der Waals surface area contributed by atoms with Gasteiger partial charge in [0.05, 0.1) is 6.61 Å². The number of benzene rings is 1. The van der Waals surface area contributed by atoms with E-state index in [1.54, 1.807) is 12.3 Å². The van der Waals surface area contributed by atoms with Gasteiger partial charge in [-0.1, -0.05) is 38.1 Å². The summed E-state index contributed by atoms with van der Waals surface area (Å²) in [6.07, 6.45) is 2.28. The van der Waals surface area contributed by atoms with Crippen molar-refractivity contribution in [1.29, 1.82) is 0 Å². The van der Waals surface area contributed by atoms with Crippen LogP contribution >= 0.6 is 0 Å². The van der Waals surface area contributed by atoms with Crippen LogP contribution in [0.4, 0.5) is 0 Å². The van der Waals surface area contributed by atoms with Crippen molar-refractivity contribution in [2.75, 3.05) is 12.9 Å². The molecule has 0 radical (unpaired) electrons. The van der Waals surface area contributed by atoms with Crippen LogP contribution in [0.1, 0.15) is 32.8 Å². The smallest absolute Gasteiger partial charge is 0.264 e. The molecule has 30 heavy (non-hydrogen) atoms. The molecule has 0 unspecified atom stereocenters. The Morgan fingerprint density at radius 1 is 1.10 bits per heavy atom. The summed E-state index contributed by atoms with van der Waals surface area (Å²) in [4.78, 5) is 24.4. The van der Waals surface area contributed by atoms with Crippen molar-refractivity contribution in [2.45, 2.75) is 43.9 Å². The maximum Gasteiger partial charge on any atom is 0.264 e. The lowest BCUT2D eigenvalue weighted by molar-refractivity contribution is -0.131. The highest BCUT2D eigenvalue weighted by Gasteiger charge is 2.43. The minimum Gasteiger partial charge on any atom is -0.395 e. The van der Waals surface area contributed by atoms with Crippen LogP contribution in [0.5, 0.6) is 0 Å². The van der Waals surface area contributed by atoms with Gasteiger partial charge in [-0.3, -0.25) is 14.8 Å². The number of hydrogen-bond acceptors (Lipinski definition) is 6. The number of hydrogen-bond donors (Lipinski definition) is 3. The molecule has 0 bridgehead atoms. The predicted octanol–water partition coefficient (Wildman–Crippen LogP) is 1.48. The number of aliphatic hydroxyl groups is 1. The first-order valence-corrected chi connectivity index (χ1v) is 11.3. The van der Waals surface area contributed by atoms with E-state index in [0.29, 0.717) is 5.56 Å². The molecule has 8 nitrogen and oxygen atoms in total. The van der Waals surface area contributed by atoms with Crippen LogP contribution in [0.15, 0.2) is 47.4 Å². The van der Waals surface area contributed by atoms with Crippen molar-refractivity contribution < 1.29 is 23.5 Å². The highest BCUT2D eigenvalue weighted by molar-refractivity contribution is 7.92. The van der Waals surface area contributed by atoms with E-state index in [0.717, 1.165) is 17.4 Å². The van der Waals surface area contributed by atoms with Gasteiger partial charge >= 0.3 is 0 Å². The number of aryl methyl sites for hydroxylation is 1. The summed E-state index contributed by atoms with van der Waals surface area (Å²) >= 11 is 0. The van der Waals surface area contributed by atoms with Gasteiger partial charge in [0.25, 0.3) is 11.5 Å². The van der Waals surface area contributed by atoms with Crippen LogP contribution in [0.3, 0.4) is 0 Å². The second-order valence-corrected chi connectivity index (χ2v) is 10.7. The molecule has 0 aliphatic carbocycles. The van der Waals surface area contributed by atoms with Gasteiger partial charge in [0.15, 0.2) is 14.6 Å². The zero-order valence-electron chi connectivity index (χ0n) is 17.5. The summed E-state index contributed by atoms with van der Waals surface area (Å²) in [7, 11) is -3.83. The Balaban J connectivity index is 2.26. The quantitative estimate of drug-likeness (QED) is 0.425. The highest BCUT2D eigenvalue weighted by atomic mass is 32.2. The number of nitrogens with zero attached hydrogens (tertiary/aromatic N) is 1. The molecule has 1 atom stereocenters. The van der Waals surface area contributed by atoms with E-state index in [2.05, 4.69) is 0 Å². The molecule has 0 fully saturated rings. The molecule has 1 aromatic carbocycles. The molecule has 164 valence electrons. The number of carbonyl (C=O) groups is 1. The van der Waals surface area contributed by atoms with E-state index >= 15 is 0 Å². The fourth-order valence-corrected chi connectivity index (χ4v) is 3.84. The van der Waals surface area contributed by atoms with Crippen LogP contribution in [0.25, 0.3) is 11.1 Å². The Hall–Kier alpha value is -2.49. The normalized spacial score (nSPS) is 14.2. The number of nitrogens with one attached hydrogen (secondary N) is 1. The number of sulfone groups is 1. The zero-order valence-corrected chi connectivity index (χ0v) is 18.4. The van der Waals surface area contributed by atoms with Crippen LogP contribution in [0.2, 0.25) is 0 Å². The first-order valence-electron chi connectivity index (χ1n) is 9.42. The van der Waals surface area contributed by atoms with Crippen LogP contribution in [0, 0.1) is 0 Å². The maximum atomic E-state index is 12.5. The minimum absolute atomic E-state index is 0.0142. The summed E-state index contributed by atoms with van der Waals surface area (Å²) in [6.45, 7) is 5.08. The fraction of sp³-hybridized carbons (Fsp3) is 0.429. The Bertz CT molecular complexity index is 1070. The van der Waals surface area contributed by atoms with E-state index in [-0.39, 0.29) is 30.5 Å². The molecule has 1 amide bonds. The number of amides is 1. The van der Waals surface area contributed by atoms with Crippen LogP contribution in [-0.4, -0.2) is 46.8 Å². The summed E-state index contributed by atoms with van der Waals surface area (Å²) < 4.78 is 23.5. The first-order chi connectivity index (χ1) is 13.9. The molecule has 3 N–H and O–H groups in total. The topological polar surface area (TPSA) is 126 Å². The fourth-order valence-electron chi connectivity index (χ4n) is 3.00. The van der Waals surface area contributed by atoms with Gasteiger partial charge in [0, 0.05) is 30.5 Å². The molecule has 2 rings (SSSR count). The van der Waals surface area contributed by atoms with Crippen molar-refractivity contribution in [3.8, 4) is 11.1 Å². The first kappa shape index (κ1) is 23.8. The number of pyridine rings is 1. The van der Waals surface area contributed by atoms with Gasteiger partial charge < -0.3 is 9.67 Å². The Morgan fingerprint density at radius 2 is 1.70 bits per heavy atom. The minimum atomic E-state index is -3.83. The summed E-state index contributed by atoms with van der Waals surface area (Å²) in [5.74, 6) is -1.04. The molecular formula is C21H28N2O6S. The lowest BCUT2D eigenvalue weighted by atomic mass is 9.85. The molecule has 0 aliphatic heterocycles. The molecule has 1 aromatic heterocycles. The Labute approximate surface area is 176 Å². The molecule has 0 spiro atoms. The summed E-state index contributed by atoms with van der Waals surface area (Å²) in [5, 5.41) is 18.4. The van der Waals surface area contributed by atoms with Crippen molar-refractivity contribution in [1.82, 2.24) is 10.0 Å². The molecular weight excluding hydrogens is 408 g/mol. The Kier molecular flexibility index (Phi) is 6.90. The molecule has 9 heteroatoms. The summed E-state index contributed by atoms with van der Waals surface area (Å²) in [6, 6.07) is 10.7. The largest absolute Gasteiger partial charge is 0.395 e. The van der Waals surface area contributed by atoms with Gasteiger partial charge in [-0.15, -0.1) is 0 Å². The summed E-state index contributed by atoms with van der Waals surface area (Å²) in [5.41, 5.74) is 3.19. The van der Waals surface area contributed by atoms with Gasteiger partial charge in [-0.2, -0.15) is 0 Å². The van der Waals surface area contributed by atoms with Gasteiger partial charge in [0.2, 0.25) is 0 Å². The van der Waals surface area contributed by atoms with Gasteiger partial charge in [0.1, 0.15) is 0 Å². The van der Waals surface area contributed by atoms with Gasteiger partial charge in [-0.25, -0.2) is 13.9 Å². The second kappa shape index (κ2) is 8.71. The maximum absolute atomic E-state index is 12.5. The van der Waals surface area contributed by atoms with E-state index in [1.807, 2.05) is 38.1 Å². The average molecular weight is 437 g/mol. The van der Waals surface area contributed by atoms with Crippen LogP contribution in [-0.2, 0) is 26.6 Å². The number of rotatable bonds is 8. The standard InChI is InChI=1S/C21H28N2O6S/c1-20(2,14-24)17-7-5-15(6-8-17)16-9-11-23(18(25)13-16)12-10-21(3,19(26)22-27)30(4,28)29/h5-9,11,13,24,27H,10,12,14H2,1-4H3,(H,22,26)/t21-/m1/s1. The average Bonchev–Trinajstić information content (AvgIpc) is 2.71. The highest BCUT2D eigenvalue weighted by Crippen LogP contribution is 2.26. The van der Waals surface area contributed by atoms with E-state index in [4.69, 9.17) is 5.21 Å². The van der Waals surface area contributed by atoms with Crippen molar-refractivity contribution in [3.63, 3.8) is 0 Å². The molecule has 0 aliphatic rings. The molecule has 2 aromatic rings. The number of aliphatic hydroxyl groups excluding tert-OH is 1. The third-order valence-electron chi connectivity index (χ3n) is 5.62. The zero-order chi connectivity index (χ0) is 22.7. The van der Waals surface area contributed by atoms with Crippen LogP contribution < -0.4 is 11.0 Å². The number of carbonyl (C=O) groups excluding carboxylic acids is 1. The third-order valence-corrected chi connectivity index (χ3v) is 7.65. The molecule has 0 saturated carbocycles. The number of hydroxylamine groups is 1. The molecule has 1 heterocycles. The van der Waals surface area contributed by atoms with E-state index < -0.39 is 20.5 Å². The van der Waals surface area contributed by atoms with Gasteiger partial charge in [-0.05, 0) is 36.1 Å². The Morgan fingerprint density at radius 3 is 2.17 bits per heavy atom. The SMILES string of the molecule is CC(C)(CO)c1ccc(-c2ccn(CC[C@](C)(C(=O)NO)S(C)(=O)=O)c(=O)c2)cc1. The van der Waals surface area contributed by atoms with Crippen molar-refractivity contribution in [2.24, 2.45) is 0 Å². The monoisotopic (exact) mass is 436 g/mol. The lowest BCUT2D eigenvalue weighted by Crippen LogP contribution is -2.49. The van der Waals surface area contributed by atoms with E-state index in [1.165, 1.54) is 23.0 Å². The van der Waals surface area contributed by atoms with E-state index in [9.17, 15) is 23.1 Å². The van der Waals surface area contributed by atoms with Crippen molar-refractivity contribution in [3.05, 3.63) is 58.5 Å². The van der Waals surface area contributed by atoms with Crippen molar-refractivity contribution >= 4 is 15.7 Å².